The molecule has 0 saturated carbocycles. The lowest BCUT2D eigenvalue weighted by Gasteiger charge is -2.25. The van der Waals surface area contributed by atoms with E-state index in [1.54, 1.807) is 59.4 Å². The lowest BCUT2D eigenvalue weighted by molar-refractivity contribution is -0.0467. The van der Waals surface area contributed by atoms with Crippen molar-refractivity contribution >= 4 is 57.4 Å². The Balaban J connectivity index is 0.000000248. The fourth-order valence-electron chi connectivity index (χ4n) is 6.98. The van der Waals surface area contributed by atoms with Gasteiger partial charge in [-0.25, -0.2) is 29.3 Å². The van der Waals surface area contributed by atoms with Gasteiger partial charge in [0, 0.05) is 23.4 Å². The van der Waals surface area contributed by atoms with Gasteiger partial charge < -0.3 is 23.7 Å². The van der Waals surface area contributed by atoms with Crippen LogP contribution in [-0.2, 0) is 23.7 Å². The van der Waals surface area contributed by atoms with Crippen LogP contribution in [0.5, 0.6) is 0 Å². The van der Waals surface area contributed by atoms with Crippen LogP contribution in [0.15, 0.2) is 12.7 Å². The number of carbonyl (C=O) groups is 3. The van der Waals surface area contributed by atoms with E-state index in [0.29, 0.717) is 34.6 Å². The van der Waals surface area contributed by atoms with E-state index in [1.807, 2.05) is 20.8 Å². The molecule has 2 fully saturated rings. The summed E-state index contributed by atoms with van der Waals surface area (Å²) in [6.07, 6.45) is 10.9. The molecule has 0 N–H and O–H groups in total. The molecule has 61 heavy (non-hydrogen) atoms. The Hall–Kier alpha value is -5.50. The van der Waals surface area contributed by atoms with Gasteiger partial charge in [0.05, 0.1) is 36.7 Å². The summed E-state index contributed by atoms with van der Waals surface area (Å²) in [6.45, 7) is 19.6. The Morgan fingerprint density at radius 3 is 1.56 bits per heavy atom. The molecule has 17 nitrogen and oxygen atoms in total. The van der Waals surface area contributed by atoms with E-state index in [2.05, 4.69) is 53.4 Å². The van der Waals surface area contributed by atoms with Crippen LogP contribution in [0.4, 0.5) is 29.0 Å². The lowest BCUT2D eigenvalue weighted by Crippen LogP contribution is -2.41. The number of aromatic nitrogens is 8. The first kappa shape index (κ1) is 48.2. The van der Waals surface area contributed by atoms with Crippen molar-refractivity contribution in [1.29, 1.82) is 0 Å². The zero-order valence-corrected chi connectivity index (χ0v) is 36.9. The highest BCUT2D eigenvalue weighted by atomic mass is 35.5. The lowest BCUT2D eigenvalue weighted by atomic mass is 9.87. The Labute approximate surface area is 358 Å². The topological polar surface area (TPSA) is 188 Å². The monoisotopic (exact) mass is 871 g/mol. The third-order valence-corrected chi connectivity index (χ3v) is 10.2. The molecule has 0 bridgehead atoms. The molecule has 6 rings (SSSR count). The summed E-state index contributed by atoms with van der Waals surface area (Å²) in [7, 11) is 0. The number of rotatable bonds is 8. The number of hydrogen-bond acceptors (Lipinski definition) is 14. The van der Waals surface area contributed by atoms with Crippen LogP contribution < -0.4 is 4.90 Å². The molecule has 2 saturated heterocycles. The normalized spacial score (nSPS) is 23.2. The molecule has 4 aromatic heterocycles. The molecule has 0 aromatic carbocycles. The van der Waals surface area contributed by atoms with E-state index in [9.17, 15) is 23.2 Å². The average molecular weight is 872 g/mol. The van der Waals surface area contributed by atoms with Gasteiger partial charge in [0.1, 0.15) is 29.2 Å². The van der Waals surface area contributed by atoms with Crippen LogP contribution in [0.3, 0.4) is 0 Å². The van der Waals surface area contributed by atoms with Crippen LogP contribution in [0.1, 0.15) is 113 Å². The van der Waals surface area contributed by atoms with Gasteiger partial charge in [0.2, 0.25) is 0 Å². The number of ether oxygens (including phenoxy) is 5. The van der Waals surface area contributed by atoms with Gasteiger partial charge in [0.25, 0.3) is 0 Å². The van der Waals surface area contributed by atoms with Crippen molar-refractivity contribution in [2.24, 2.45) is 11.8 Å². The predicted octanol–water partition coefficient (Wildman–Crippen LogP) is 8.58. The van der Waals surface area contributed by atoms with Gasteiger partial charge in [-0.15, -0.1) is 12.8 Å². The number of carbonyl (C=O) groups excluding carboxylic acids is 3. The highest BCUT2D eigenvalue weighted by Crippen LogP contribution is 2.45. The zero-order valence-electron chi connectivity index (χ0n) is 36.1. The highest BCUT2D eigenvalue weighted by Gasteiger charge is 2.46. The first-order valence-corrected chi connectivity index (χ1v) is 20.2. The first-order valence-electron chi connectivity index (χ1n) is 19.8. The maximum atomic E-state index is 14.5. The van der Waals surface area contributed by atoms with Crippen LogP contribution in [0.25, 0.3) is 22.3 Å². The van der Waals surface area contributed by atoms with Crippen molar-refractivity contribution in [1.82, 2.24) is 39.0 Å². The minimum Gasteiger partial charge on any atom is -0.451 e. The second kappa shape index (κ2) is 19.9. The van der Waals surface area contributed by atoms with Gasteiger partial charge in [-0.05, 0) is 74.1 Å². The van der Waals surface area contributed by atoms with Crippen molar-refractivity contribution in [2.45, 2.75) is 144 Å². The molecular formula is C41H52ClF2N9O8. The number of hydrogen-bond donors (Lipinski definition) is 0. The molecular weight excluding hydrogens is 820 g/mol. The number of imide groups is 1. The molecule has 6 atom stereocenters. The fourth-order valence-corrected chi connectivity index (χ4v) is 7.16. The minimum absolute atomic E-state index is 0.00349. The molecule has 2 aliphatic heterocycles. The van der Waals surface area contributed by atoms with Crippen LogP contribution in [-0.4, -0.2) is 86.2 Å². The average Bonchev–Trinajstić information content (AvgIpc) is 3.94. The molecule has 20 heteroatoms. The summed E-state index contributed by atoms with van der Waals surface area (Å²) in [5.74, 6) is 5.35. The third-order valence-electron chi connectivity index (χ3n) is 10.1. The second-order valence-corrected chi connectivity index (χ2v) is 15.6. The second-order valence-electron chi connectivity index (χ2n) is 15.3. The highest BCUT2D eigenvalue weighted by molar-refractivity contribution is 6.61. The summed E-state index contributed by atoms with van der Waals surface area (Å²) in [5.41, 5.74) is -0.507. The number of halogens is 3. The Morgan fingerprint density at radius 1 is 0.787 bits per heavy atom. The zero-order chi connectivity index (χ0) is 45.6. The smallest absolute Gasteiger partial charge is 0.425 e. The number of amides is 2. The van der Waals surface area contributed by atoms with Crippen molar-refractivity contribution in [3.63, 3.8) is 0 Å². The minimum atomic E-state index is -1.16. The van der Waals surface area contributed by atoms with Crippen LogP contribution >= 0.6 is 11.6 Å². The Bertz CT molecular complexity index is 2290. The van der Waals surface area contributed by atoms with Gasteiger partial charge in [-0.1, -0.05) is 39.5 Å². The van der Waals surface area contributed by atoms with Crippen LogP contribution in [0.2, 0.25) is 0 Å². The van der Waals surface area contributed by atoms with Gasteiger partial charge >= 0.3 is 29.8 Å². The number of terminal acetylenes is 2. The van der Waals surface area contributed by atoms with Gasteiger partial charge in [0.15, 0.2) is 22.6 Å². The quantitative estimate of drug-likeness (QED) is 0.0709. The van der Waals surface area contributed by atoms with Crippen molar-refractivity contribution in [2.75, 3.05) is 4.90 Å². The van der Waals surface area contributed by atoms with E-state index in [4.69, 9.17) is 43.4 Å². The molecule has 2 aliphatic rings. The van der Waals surface area contributed by atoms with E-state index in [0.717, 1.165) is 12.8 Å². The predicted molar refractivity (Wildman–Crippen MR) is 220 cm³/mol. The molecule has 2 amide bonds. The first-order chi connectivity index (χ1) is 28.7. The standard InChI is InChI=1S/C22H28FN5O5.C15H17FN4O.C4H7ClO2/c1-8-22(9-2)14(7)10-15(33-22)27-11-24-16-17(27)25-19(23)26-18(16)28(20(29)31-12(3)4)21(30)32-13(5)6;1-5-15(6-2)9(3)7-11(21-15)20-8-17-12-10(4)18-14(16)19-13(12)20;1-3(2)7-4(5)6/h1,11-15H,9-10H2,2-7H3;1,8-9,11H,6-7H2,2-4H3;3H,1-2H3/t14-,15+,22+;9-,11+,15+;/m00./s1. The SMILES string of the molecule is C#C[C@]1(CC)O[C@@H](n2cnc3c(C)nc(F)nc32)C[C@@H]1C.C#C[C@]1(CC)O[C@@H](n2cnc3c(N(C(=O)OC(C)C)C(=O)OC(C)C)nc(F)nc32)C[C@@H]1C.CC(C)OC(=O)Cl. The maximum Gasteiger partial charge on any atom is 0.425 e. The fraction of sp³-hybridized carbons (Fsp3) is 0.585. The summed E-state index contributed by atoms with van der Waals surface area (Å²) >= 11 is 4.81. The molecule has 6 heterocycles. The van der Waals surface area contributed by atoms with Crippen molar-refractivity contribution < 1.29 is 46.8 Å². The van der Waals surface area contributed by atoms with Crippen LogP contribution in [0, 0.1) is 55.6 Å². The van der Waals surface area contributed by atoms with E-state index in [-0.39, 0.29) is 35.3 Å². The maximum absolute atomic E-state index is 14.5. The molecule has 0 aliphatic carbocycles. The Morgan fingerprint density at radius 2 is 1.20 bits per heavy atom. The van der Waals surface area contributed by atoms with Crippen molar-refractivity contribution in [3.05, 3.63) is 30.5 Å². The summed E-state index contributed by atoms with van der Waals surface area (Å²) in [4.78, 5) is 59.4. The van der Waals surface area contributed by atoms with E-state index >= 15 is 0 Å². The van der Waals surface area contributed by atoms with Gasteiger partial charge in [-0.3, -0.25) is 9.13 Å². The summed E-state index contributed by atoms with van der Waals surface area (Å²) in [6, 6.07) is 0. The molecule has 0 radical (unpaired) electrons. The molecule has 330 valence electrons. The number of anilines is 1. The van der Waals surface area contributed by atoms with Crippen molar-refractivity contribution in [3.8, 4) is 24.7 Å². The van der Waals surface area contributed by atoms with E-state index in [1.165, 1.54) is 10.9 Å². The van der Waals surface area contributed by atoms with E-state index < -0.39 is 65.2 Å². The summed E-state index contributed by atoms with van der Waals surface area (Å²) < 4.78 is 58.2. The molecule has 4 aromatic rings. The number of imidazole rings is 2. The summed E-state index contributed by atoms with van der Waals surface area (Å²) in [5, 5.41) is 0. The number of nitrogens with zero attached hydrogens (tertiary/aromatic N) is 9. The third kappa shape index (κ3) is 10.7. The largest absolute Gasteiger partial charge is 0.451 e. The number of aryl methyl sites for hydroxylation is 1. The Kier molecular flexibility index (Phi) is 15.7. The number of fused-ring (bicyclic) bond motifs is 2. The molecule has 0 spiro atoms. The van der Waals surface area contributed by atoms with Gasteiger partial charge in [-0.2, -0.15) is 28.6 Å². The molecule has 0 unspecified atom stereocenters.